The molecule has 3 heteroatoms. The lowest BCUT2D eigenvalue weighted by atomic mass is 9.84. The van der Waals surface area contributed by atoms with Crippen LogP contribution in [0.4, 0.5) is 0 Å². The van der Waals surface area contributed by atoms with E-state index in [9.17, 15) is 4.79 Å². The number of rotatable bonds is 2. The molecule has 106 valence electrons. The van der Waals surface area contributed by atoms with Gasteiger partial charge in [-0.05, 0) is 61.4 Å². The Bertz CT molecular complexity index is 825. The number of carbonyl (C=O) groups is 1. The van der Waals surface area contributed by atoms with Gasteiger partial charge in [0.15, 0.2) is 5.76 Å². The van der Waals surface area contributed by atoms with E-state index in [0.717, 1.165) is 30.2 Å². The van der Waals surface area contributed by atoms with Crippen LogP contribution >= 0.6 is 11.3 Å². The van der Waals surface area contributed by atoms with Crippen LogP contribution in [-0.4, -0.2) is 5.78 Å². The third-order valence-electron chi connectivity index (χ3n) is 4.28. The van der Waals surface area contributed by atoms with Crippen molar-refractivity contribution in [3.05, 3.63) is 57.5 Å². The highest BCUT2D eigenvalue weighted by atomic mass is 32.1. The van der Waals surface area contributed by atoms with Crippen molar-refractivity contribution in [1.82, 2.24) is 0 Å². The zero-order valence-electron chi connectivity index (χ0n) is 11.9. The van der Waals surface area contributed by atoms with Gasteiger partial charge >= 0.3 is 0 Å². The number of fused-ring (bicyclic) bond motifs is 2. The number of carbonyl (C=O) groups excluding carboxylic acids is 1. The topological polar surface area (TPSA) is 30.2 Å². The Morgan fingerprint density at radius 1 is 1.29 bits per heavy atom. The maximum atomic E-state index is 12.8. The van der Waals surface area contributed by atoms with Crippen LogP contribution in [0.15, 0.2) is 40.1 Å². The van der Waals surface area contributed by atoms with Crippen LogP contribution in [0.3, 0.4) is 0 Å². The van der Waals surface area contributed by atoms with E-state index in [1.54, 1.807) is 11.3 Å². The predicted molar refractivity (Wildman–Crippen MR) is 85.3 cm³/mol. The highest BCUT2D eigenvalue weighted by Gasteiger charge is 2.30. The van der Waals surface area contributed by atoms with Gasteiger partial charge in [0.2, 0.25) is 5.78 Å². The van der Waals surface area contributed by atoms with Gasteiger partial charge in [0, 0.05) is 10.3 Å². The molecule has 1 aliphatic rings. The van der Waals surface area contributed by atoms with Crippen LogP contribution < -0.4 is 0 Å². The van der Waals surface area contributed by atoms with Gasteiger partial charge in [0.25, 0.3) is 0 Å². The molecule has 0 saturated carbocycles. The van der Waals surface area contributed by atoms with Gasteiger partial charge in [-0.2, -0.15) is 0 Å². The summed E-state index contributed by atoms with van der Waals surface area (Å²) in [5, 5.41) is 3.11. The normalized spacial score (nSPS) is 17.9. The molecular weight excluding hydrogens is 280 g/mol. The first-order valence-electron chi connectivity index (χ1n) is 7.33. The van der Waals surface area contributed by atoms with Gasteiger partial charge in [-0.25, -0.2) is 0 Å². The van der Waals surface area contributed by atoms with Crippen molar-refractivity contribution in [1.29, 1.82) is 0 Å². The molecule has 0 amide bonds. The minimum Gasteiger partial charge on any atom is -0.453 e. The third kappa shape index (κ3) is 2.12. The summed E-state index contributed by atoms with van der Waals surface area (Å²) in [5.74, 6) is 0.601. The summed E-state index contributed by atoms with van der Waals surface area (Å²) in [7, 11) is 0. The summed E-state index contributed by atoms with van der Waals surface area (Å²) in [4.78, 5) is 14.2. The number of hydrogen-bond acceptors (Lipinski definition) is 3. The fraction of sp³-hybridized carbons (Fsp3) is 0.278. The summed E-state index contributed by atoms with van der Waals surface area (Å²) in [6.45, 7) is 2.05. The largest absolute Gasteiger partial charge is 0.453 e. The zero-order valence-corrected chi connectivity index (χ0v) is 12.7. The van der Waals surface area contributed by atoms with Crippen molar-refractivity contribution in [2.24, 2.45) is 0 Å². The van der Waals surface area contributed by atoms with Gasteiger partial charge < -0.3 is 4.42 Å². The van der Waals surface area contributed by atoms with Crippen molar-refractivity contribution < 1.29 is 9.21 Å². The Labute approximate surface area is 127 Å². The molecule has 3 aromatic rings. The quantitative estimate of drug-likeness (QED) is 0.615. The van der Waals surface area contributed by atoms with Crippen LogP contribution in [0.5, 0.6) is 0 Å². The molecule has 1 atom stereocenters. The molecule has 0 saturated heterocycles. The molecule has 0 fully saturated rings. The number of furan rings is 1. The second-order valence-corrected chi connectivity index (χ2v) is 6.76. The van der Waals surface area contributed by atoms with Crippen molar-refractivity contribution in [3.63, 3.8) is 0 Å². The van der Waals surface area contributed by atoms with Gasteiger partial charge in [-0.3, -0.25) is 4.79 Å². The van der Waals surface area contributed by atoms with E-state index in [0.29, 0.717) is 5.76 Å². The van der Waals surface area contributed by atoms with E-state index >= 15 is 0 Å². The Kier molecular flexibility index (Phi) is 2.96. The molecule has 0 radical (unpaired) electrons. The first-order valence-corrected chi connectivity index (χ1v) is 8.21. The van der Waals surface area contributed by atoms with E-state index in [2.05, 4.69) is 17.5 Å². The molecule has 21 heavy (non-hydrogen) atoms. The summed E-state index contributed by atoms with van der Waals surface area (Å²) in [6, 6.07) is 10.0. The van der Waals surface area contributed by atoms with Crippen LogP contribution in [0, 0.1) is 6.92 Å². The predicted octanol–water partition coefficient (Wildman–Crippen LogP) is 5.11. The maximum Gasteiger partial charge on any atom is 0.205 e. The van der Waals surface area contributed by atoms with Crippen LogP contribution in [0.25, 0.3) is 11.0 Å². The summed E-state index contributed by atoms with van der Waals surface area (Å²) in [5.41, 5.74) is 3.19. The van der Waals surface area contributed by atoms with Gasteiger partial charge in [-0.1, -0.05) is 11.6 Å². The Morgan fingerprint density at radius 3 is 3.10 bits per heavy atom. The maximum absolute atomic E-state index is 12.8. The lowest BCUT2D eigenvalue weighted by Gasteiger charge is -2.20. The lowest BCUT2D eigenvalue weighted by Crippen LogP contribution is -2.16. The Hall–Kier alpha value is -1.87. The van der Waals surface area contributed by atoms with Crippen LogP contribution in [-0.2, 0) is 6.42 Å². The van der Waals surface area contributed by atoms with Gasteiger partial charge in [0.05, 0.1) is 5.92 Å². The van der Waals surface area contributed by atoms with Crippen LogP contribution in [0.1, 0.15) is 45.3 Å². The van der Waals surface area contributed by atoms with Crippen molar-refractivity contribution in [3.8, 4) is 0 Å². The molecule has 2 nitrogen and oxygen atoms in total. The number of aryl methyl sites for hydroxylation is 2. The Morgan fingerprint density at radius 2 is 2.19 bits per heavy atom. The van der Waals surface area contributed by atoms with E-state index in [1.807, 2.05) is 25.1 Å². The van der Waals surface area contributed by atoms with E-state index in [4.69, 9.17) is 4.42 Å². The minimum absolute atomic E-state index is 0.0262. The van der Waals surface area contributed by atoms with Gasteiger partial charge in [-0.15, -0.1) is 11.3 Å². The van der Waals surface area contributed by atoms with Crippen LogP contribution in [0.2, 0.25) is 0 Å². The molecule has 2 aromatic heterocycles. The highest BCUT2D eigenvalue weighted by Crippen LogP contribution is 2.37. The fourth-order valence-corrected chi connectivity index (χ4v) is 4.20. The average Bonchev–Trinajstić information content (AvgIpc) is 3.11. The summed E-state index contributed by atoms with van der Waals surface area (Å²) in [6.07, 6.45) is 3.12. The average molecular weight is 296 g/mol. The van der Waals surface area contributed by atoms with Crippen molar-refractivity contribution in [2.45, 2.75) is 32.1 Å². The molecule has 0 spiro atoms. The smallest absolute Gasteiger partial charge is 0.205 e. The monoisotopic (exact) mass is 296 g/mol. The van der Waals surface area contributed by atoms with Crippen molar-refractivity contribution in [2.75, 3.05) is 0 Å². The van der Waals surface area contributed by atoms with E-state index in [1.165, 1.54) is 16.0 Å². The standard InChI is InChI=1S/C18H16O2S/c1-11-5-6-15-12(9-11)10-16(20-15)18(19)14-3-2-4-17-13(14)7-8-21-17/h5-10,14H,2-4H2,1H3. The molecule has 1 unspecified atom stereocenters. The molecule has 2 heterocycles. The van der Waals surface area contributed by atoms with E-state index < -0.39 is 0 Å². The Balaban J connectivity index is 1.74. The number of thiophene rings is 1. The molecule has 1 aromatic carbocycles. The molecule has 0 aliphatic heterocycles. The molecule has 1 aliphatic carbocycles. The molecule has 0 bridgehead atoms. The van der Waals surface area contributed by atoms with Crippen molar-refractivity contribution >= 4 is 28.1 Å². The molecule has 0 N–H and O–H groups in total. The minimum atomic E-state index is -0.0262. The second-order valence-electron chi connectivity index (χ2n) is 5.76. The summed E-state index contributed by atoms with van der Waals surface area (Å²) >= 11 is 1.77. The first kappa shape index (κ1) is 12.8. The first-order chi connectivity index (χ1) is 10.2. The third-order valence-corrected chi connectivity index (χ3v) is 5.28. The highest BCUT2D eigenvalue weighted by molar-refractivity contribution is 7.10. The lowest BCUT2D eigenvalue weighted by molar-refractivity contribution is 0.0926. The van der Waals surface area contributed by atoms with E-state index in [-0.39, 0.29) is 11.7 Å². The summed E-state index contributed by atoms with van der Waals surface area (Å²) < 4.78 is 5.78. The zero-order chi connectivity index (χ0) is 14.4. The number of Topliss-reactive ketones (excluding diaryl/α,β-unsaturated/α-hetero) is 1. The van der Waals surface area contributed by atoms with Gasteiger partial charge in [0.1, 0.15) is 5.58 Å². The fourth-order valence-electron chi connectivity index (χ4n) is 3.21. The molecular formula is C18H16O2S. The second kappa shape index (κ2) is 4.85. The number of ketones is 1. The number of hydrogen-bond donors (Lipinski definition) is 0. The number of benzene rings is 1. The molecule has 4 rings (SSSR count). The SMILES string of the molecule is Cc1ccc2oc(C(=O)C3CCCc4sccc43)cc2c1.